The van der Waals surface area contributed by atoms with Crippen molar-refractivity contribution in [3.05, 3.63) is 65.2 Å². The fourth-order valence-electron chi connectivity index (χ4n) is 2.88. The van der Waals surface area contributed by atoms with Crippen molar-refractivity contribution in [2.75, 3.05) is 12.4 Å². The number of aryl methyl sites for hydroxylation is 1. The van der Waals surface area contributed by atoms with Crippen LogP contribution >= 0.6 is 11.3 Å². The lowest BCUT2D eigenvalue weighted by atomic mass is 10.0. The summed E-state index contributed by atoms with van der Waals surface area (Å²) in [7, 11) is 1.57. The van der Waals surface area contributed by atoms with Gasteiger partial charge in [0.2, 0.25) is 0 Å². The van der Waals surface area contributed by atoms with Crippen molar-refractivity contribution in [3.63, 3.8) is 0 Å². The van der Waals surface area contributed by atoms with Crippen molar-refractivity contribution in [2.24, 2.45) is 10.2 Å². The molecule has 150 valence electrons. The molecule has 1 amide bonds. The van der Waals surface area contributed by atoms with E-state index in [1.807, 2.05) is 25.1 Å². The first kappa shape index (κ1) is 19.5. The molecule has 9 heteroatoms. The monoisotopic (exact) mass is 419 g/mol. The van der Waals surface area contributed by atoms with Crippen LogP contribution in [0.1, 0.15) is 15.4 Å². The Labute approximate surface area is 175 Å². The third-order valence-electron chi connectivity index (χ3n) is 4.34. The van der Waals surface area contributed by atoms with E-state index < -0.39 is 5.91 Å². The van der Waals surface area contributed by atoms with Crippen molar-refractivity contribution in [1.29, 1.82) is 0 Å². The van der Waals surface area contributed by atoms with Crippen LogP contribution < -0.4 is 10.1 Å². The van der Waals surface area contributed by atoms with Gasteiger partial charge in [0.1, 0.15) is 16.4 Å². The first-order valence-electron chi connectivity index (χ1n) is 8.97. The molecular formula is C21H17N5O3S. The number of carbonyl (C=O) groups is 1. The number of aromatic nitrogens is 2. The van der Waals surface area contributed by atoms with Gasteiger partial charge in [-0.15, -0.1) is 20.4 Å². The molecule has 4 rings (SSSR count). The number of anilines is 1. The molecule has 2 N–H and O–H groups in total. The summed E-state index contributed by atoms with van der Waals surface area (Å²) in [5, 5.41) is 32.2. The van der Waals surface area contributed by atoms with E-state index in [1.165, 1.54) is 11.3 Å². The number of hydrogen-bond donors (Lipinski definition) is 2. The number of nitrogens with one attached hydrogen (secondary N) is 1. The Morgan fingerprint density at radius 3 is 2.57 bits per heavy atom. The Kier molecular flexibility index (Phi) is 5.36. The number of phenols is 1. The second-order valence-corrected chi connectivity index (χ2v) is 7.49. The Morgan fingerprint density at radius 1 is 1.10 bits per heavy atom. The van der Waals surface area contributed by atoms with E-state index in [0.717, 1.165) is 10.4 Å². The molecule has 0 fully saturated rings. The molecule has 1 aromatic heterocycles. The average molecular weight is 419 g/mol. The first-order chi connectivity index (χ1) is 14.5. The second-order valence-electron chi connectivity index (χ2n) is 6.33. The summed E-state index contributed by atoms with van der Waals surface area (Å²) >= 11 is 1.28. The van der Waals surface area contributed by atoms with Gasteiger partial charge in [0.05, 0.1) is 12.7 Å². The van der Waals surface area contributed by atoms with Crippen LogP contribution in [-0.2, 0) is 0 Å². The molecule has 0 bridgehead atoms. The lowest BCUT2D eigenvalue weighted by Crippen LogP contribution is -2.12. The molecule has 1 heterocycles. The zero-order valence-corrected chi connectivity index (χ0v) is 17.0. The fraction of sp³-hybridized carbons (Fsp3) is 0.0952. The highest BCUT2D eigenvalue weighted by Gasteiger charge is 2.18. The highest BCUT2D eigenvalue weighted by atomic mass is 32.1. The van der Waals surface area contributed by atoms with Gasteiger partial charge < -0.3 is 15.2 Å². The van der Waals surface area contributed by atoms with Gasteiger partial charge in [-0.1, -0.05) is 35.6 Å². The smallest absolute Gasteiger partial charge is 0.259 e. The van der Waals surface area contributed by atoms with E-state index in [9.17, 15) is 9.90 Å². The second kappa shape index (κ2) is 8.26. The minimum atomic E-state index is -0.466. The Morgan fingerprint density at radius 2 is 1.87 bits per heavy atom. The number of azo groups is 1. The topological polar surface area (TPSA) is 109 Å². The Balaban J connectivity index is 1.73. The number of phenolic OH excluding ortho intramolecular Hbond substituents is 1. The summed E-state index contributed by atoms with van der Waals surface area (Å²) in [5.74, 6) is -0.0486. The number of ether oxygens (including phenoxy) is 1. The molecule has 0 aliphatic heterocycles. The predicted molar refractivity (Wildman–Crippen MR) is 115 cm³/mol. The van der Waals surface area contributed by atoms with Gasteiger partial charge in [-0.3, -0.25) is 4.79 Å². The zero-order valence-electron chi connectivity index (χ0n) is 16.2. The number of fused-ring (bicyclic) bond motifs is 1. The maximum Gasteiger partial charge on any atom is 0.259 e. The quantitative estimate of drug-likeness (QED) is 0.422. The number of methoxy groups -OCH3 is 1. The van der Waals surface area contributed by atoms with Crippen LogP contribution in [0.15, 0.2) is 64.8 Å². The minimum absolute atomic E-state index is 0.0897. The first-order valence-corrected chi connectivity index (χ1v) is 9.79. The van der Waals surface area contributed by atoms with Crippen LogP contribution in [0.3, 0.4) is 0 Å². The van der Waals surface area contributed by atoms with Crippen molar-refractivity contribution in [3.8, 4) is 11.5 Å². The van der Waals surface area contributed by atoms with E-state index in [4.69, 9.17) is 4.74 Å². The van der Waals surface area contributed by atoms with Gasteiger partial charge in [0.25, 0.3) is 11.0 Å². The number of benzene rings is 3. The molecule has 30 heavy (non-hydrogen) atoms. The molecular weight excluding hydrogens is 402 g/mol. The third-order valence-corrected chi connectivity index (χ3v) is 5.06. The SMILES string of the molecule is COc1ccc(NC(=O)c2cc3ccccc3c(/N=N/c3nnc(C)s3)c2O)cc1. The summed E-state index contributed by atoms with van der Waals surface area (Å²) in [6.45, 7) is 1.81. The number of nitrogens with zero attached hydrogens (tertiary/aromatic N) is 4. The molecule has 0 radical (unpaired) electrons. The molecule has 0 unspecified atom stereocenters. The van der Waals surface area contributed by atoms with Crippen LogP contribution in [0, 0.1) is 6.92 Å². The van der Waals surface area contributed by atoms with E-state index in [1.54, 1.807) is 43.5 Å². The highest BCUT2D eigenvalue weighted by molar-refractivity contribution is 7.14. The highest BCUT2D eigenvalue weighted by Crippen LogP contribution is 2.39. The number of carbonyl (C=O) groups excluding carboxylic acids is 1. The maximum atomic E-state index is 12.9. The lowest BCUT2D eigenvalue weighted by molar-refractivity contribution is 0.102. The van der Waals surface area contributed by atoms with Crippen LogP contribution in [-0.4, -0.2) is 28.3 Å². The van der Waals surface area contributed by atoms with Crippen molar-refractivity contribution in [2.45, 2.75) is 6.92 Å². The third kappa shape index (κ3) is 3.96. The zero-order chi connectivity index (χ0) is 21.1. The molecule has 0 aliphatic carbocycles. The summed E-state index contributed by atoms with van der Waals surface area (Å²) < 4.78 is 5.12. The van der Waals surface area contributed by atoms with Crippen molar-refractivity contribution >= 4 is 44.5 Å². The van der Waals surface area contributed by atoms with Crippen LogP contribution in [0.4, 0.5) is 16.5 Å². The predicted octanol–water partition coefficient (Wildman–Crippen LogP) is 5.38. The fourth-order valence-corrected chi connectivity index (χ4v) is 3.39. The van der Waals surface area contributed by atoms with E-state index >= 15 is 0 Å². The van der Waals surface area contributed by atoms with Gasteiger partial charge in [-0.2, -0.15) is 0 Å². The van der Waals surface area contributed by atoms with Gasteiger partial charge >= 0.3 is 0 Å². The Bertz CT molecular complexity index is 1250. The largest absolute Gasteiger partial charge is 0.505 e. The summed E-state index contributed by atoms with van der Waals surface area (Å²) in [6.07, 6.45) is 0. The van der Waals surface area contributed by atoms with E-state index in [0.29, 0.717) is 22.0 Å². The van der Waals surface area contributed by atoms with E-state index in [2.05, 4.69) is 25.7 Å². The number of hydrogen-bond acceptors (Lipinski definition) is 8. The molecule has 0 saturated carbocycles. The summed E-state index contributed by atoms with van der Waals surface area (Å²) in [6, 6.07) is 15.8. The summed E-state index contributed by atoms with van der Waals surface area (Å²) in [4.78, 5) is 12.9. The normalized spacial score (nSPS) is 11.1. The van der Waals surface area contributed by atoms with E-state index in [-0.39, 0.29) is 17.0 Å². The standard InChI is InChI=1S/C21H17N5O3S/c1-12-23-25-21(30-12)26-24-18-16-6-4-3-5-13(16)11-17(19(18)27)20(28)22-14-7-9-15(29-2)10-8-14/h3-11,27H,1-2H3,(H,22,28)/b26-24+. The number of amides is 1. The van der Waals surface area contributed by atoms with Crippen molar-refractivity contribution in [1.82, 2.24) is 10.2 Å². The number of aromatic hydroxyl groups is 1. The van der Waals surface area contributed by atoms with Crippen LogP contribution in [0.25, 0.3) is 10.8 Å². The molecule has 0 aliphatic rings. The molecule has 8 nitrogen and oxygen atoms in total. The lowest BCUT2D eigenvalue weighted by Gasteiger charge is -2.11. The average Bonchev–Trinajstić information content (AvgIpc) is 3.18. The minimum Gasteiger partial charge on any atom is -0.505 e. The van der Waals surface area contributed by atoms with Gasteiger partial charge in [-0.25, -0.2) is 0 Å². The molecule has 0 atom stereocenters. The summed E-state index contributed by atoms with van der Waals surface area (Å²) in [5.41, 5.74) is 0.855. The van der Waals surface area contributed by atoms with Gasteiger partial charge in [0.15, 0.2) is 5.75 Å². The van der Waals surface area contributed by atoms with Gasteiger partial charge in [-0.05, 0) is 42.6 Å². The maximum absolute atomic E-state index is 12.9. The molecule has 4 aromatic rings. The Hall–Kier alpha value is -3.85. The van der Waals surface area contributed by atoms with Crippen LogP contribution in [0.5, 0.6) is 11.5 Å². The molecule has 3 aromatic carbocycles. The molecule has 0 spiro atoms. The molecule has 0 saturated heterocycles. The van der Waals surface area contributed by atoms with Crippen LogP contribution in [0.2, 0.25) is 0 Å². The van der Waals surface area contributed by atoms with Gasteiger partial charge in [0, 0.05) is 11.1 Å². The number of rotatable bonds is 5. The van der Waals surface area contributed by atoms with Crippen molar-refractivity contribution < 1.29 is 14.6 Å².